The molecule has 0 unspecified atom stereocenters. The van der Waals surface area contributed by atoms with Gasteiger partial charge >= 0.3 is 0 Å². The standard InChI is InChI=1S/C6H9N/c1-3-7-4-2-6(1)5-7/h5H,1-4H2. The van der Waals surface area contributed by atoms with E-state index in [1.165, 1.54) is 25.9 Å². The van der Waals surface area contributed by atoms with Gasteiger partial charge in [0.05, 0.1) is 0 Å². The van der Waals surface area contributed by atoms with Crippen LogP contribution in [-0.4, -0.2) is 18.0 Å². The first-order valence-corrected chi connectivity index (χ1v) is 2.89. The van der Waals surface area contributed by atoms with Crippen LogP contribution in [0.15, 0.2) is 11.8 Å². The predicted molar refractivity (Wildman–Crippen MR) is 28.9 cm³/mol. The number of nitrogens with zero attached hydrogens (tertiary/aromatic N) is 1. The molecule has 0 aromatic rings. The molecule has 38 valence electrons. The van der Waals surface area contributed by atoms with Crippen molar-refractivity contribution in [2.75, 3.05) is 13.1 Å². The van der Waals surface area contributed by atoms with E-state index in [2.05, 4.69) is 11.1 Å². The first-order valence-electron chi connectivity index (χ1n) is 2.89. The Bertz CT molecular complexity index is 105. The monoisotopic (exact) mass is 95.1 g/mol. The van der Waals surface area contributed by atoms with Gasteiger partial charge in [0.1, 0.15) is 0 Å². The highest BCUT2D eigenvalue weighted by Crippen LogP contribution is 2.24. The fourth-order valence-electron chi connectivity index (χ4n) is 1.33. The lowest BCUT2D eigenvalue weighted by atomic mass is 10.1. The molecule has 2 bridgehead atoms. The summed E-state index contributed by atoms with van der Waals surface area (Å²) in [6.45, 7) is 2.60. The number of hydrogen-bond acceptors (Lipinski definition) is 1. The van der Waals surface area contributed by atoms with Crippen LogP contribution in [0.2, 0.25) is 0 Å². The molecule has 0 aromatic carbocycles. The zero-order valence-corrected chi connectivity index (χ0v) is 4.35. The molecule has 7 heavy (non-hydrogen) atoms. The Morgan fingerprint density at radius 2 is 2.00 bits per heavy atom. The Hall–Kier alpha value is -0.460. The van der Waals surface area contributed by atoms with Crippen molar-refractivity contribution in [3.63, 3.8) is 0 Å². The van der Waals surface area contributed by atoms with Crippen molar-refractivity contribution in [3.8, 4) is 0 Å². The van der Waals surface area contributed by atoms with Crippen molar-refractivity contribution in [3.05, 3.63) is 11.8 Å². The summed E-state index contributed by atoms with van der Waals surface area (Å²) in [5.74, 6) is 0. The van der Waals surface area contributed by atoms with Crippen molar-refractivity contribution >= 4 is 0 Å². The Morgan fingerprint density at radius 3 is 2.14 bits per heavy atom. The lowest BCUT2D eigenvalue weighted by Crippen LogP contribution is -2.15. The Kier molecular flexibility index (Phi) is 0.518. The van der Waals surface area contributed by atoms with E-state index >= 15 is 0 Å². The largest absolute Gasteiger partial charge is 0.377 e. The van der Waals surface area contributed by atoms with E-state index in [4.69, 9.17) is 0 Å². The first-order chi connectivity index (χ1) is 3.45. The van der Waals surface area contributed by atoms with E-state index in [0.29, 0.717) is 0 Å². The van der Waals surface area contributed by atoms with Crippen LogP contribution in [0, 0.1) is 0 Å². The summed E-state index contributed by atoms with van der Waals surface area (Å²) in [6, 6.07) is 0. The third kappa shape index (κ3) is 0.379. The van der Waals surface area contributed by atoms with Crippen LogP contribution < -0.4 is 0 Å². The average molecular weight is 95.1 g/mol. The van der Waals surface area contributed by atoms with E-state index < -0.39 is 0 Å². The second kappa shape index (κ2) is 1.03. The third-order valence-corrected chi connectivity index (χ3v) is 1.81. The highest BCUT2D eigenvalue weighted by molar-refractivity contribution is 5.13. The predicted octanol–water partition coefficient (Wildman–Crippen LogP) is 0.980. The second-order valence-corrected chi connectivity index (χ2v) is 2.32. The Morgan fingerprint density at radius 1 is 1.29 bits per heavy atom. The van der Waals surface area contributed by atoms with Gasteiger partial charge < -0.3 is 4.90 Å². The summed E-state index contributed by atoms with van der Waals surface area (Å²) < 4.78 is 0. The lowest BCUT2D eigenvalue weighted by Gasteiger charge is -2.13. The minimum atomic E-state index is 1.30. The summed E-state index contributed by atoms with van der Waals surface area (Å²) in [7, 11) is 0. The van der Waals surface area contributed by atoms with Crippen LogP contribution in [0.4, 0.5) is 0 Å². The van der Waals surface area contributed by atoms with Gasteiger partial charge in [-0.3, -0.25) is 0 Å². The summed E-state index contributed by atoms with van der Waals surface area (Å²) in [5.41, 5.74) is 1.67. The third-order valence-electron chi connectivity index (χ3n) is 1.81. The van der Waals surface area contributed by atoms with Gasteiger partial charge in [-0.25, -0.2) is 0 Å². The molecular formula is C6H9N. The highest BCUT2D eigenvalue weighted by Gasteiger charge is 2.17. The van der Waals surface area contributed by atoms with E-state index in [0.717, 1.165) is 0 Å². The highest BCUT2D eigenvalue weighted by atomic mass is 15.1. The quantitative estimate of drug-likeness (QED) is 0.433. The summed E-state index contributed by atoms with van der Waals surface area (Å²) >= 11 is 0. The molecule has 0 spiro atoms. The molecule has 2 aliphatic heterocycles. The molecule has 2 aliphatic rings. The fourth-order valence-corrected chi connectivity index (χ4v) is 1.33. The molecular weight excluding hydrogens is 86.1 g/mol. The minimum absolute atomic E-state index is 1.30. The first kappa shape index (κ1) is 3.53. The van der Waals surface area contributed by atoms with Crippen molar-refractivity contribution in [1.82, 2.24) is 4.90 Å². The summed E-state index contributed by atoms with van der Waals surface area (Å²) in [4.78, 5) is 2.40. The van der Waals surface area contributed by atoms with Crippen LogP contribution in [-0.2, 0) is 0 Å². The smallest absolute Gasteiger partial charge is 0.0210 e. The molecule has 0 amide bonds. The normalized spacial score (nSPS) is 26.3. The molecule has 0 N–H and O–H groups in total. The summed E-state index contributed by atoms with van der Waals surface area (Å²) in [6.07, 6.45) is 5.00. The molecule has 2 heterocycles. The minimum Gasteiger partial charge on any atom is -0.377 e. The van der Waals surface area contributed by atoms with Crippen molar-refractivity contribution < 1.29 is 0 Å². The molecule has 0 aliphatic carbocycles. The van der Waals surface area contributed by atoms with E-state index in [-0.39, 0.29) is 0 Å². The van der Waals surface area contributed by atoms with Crippen molar-refractivity contribution in [1.29, 1.82) is 0 Å². The zero-order chi connectivity index (χ0) is 4.69. The van der Waals surface area contributed by atoms with Crippen molar-refractivity contribution in [2.45, 2.75) is 12.8 Å². The Labute approximate surface area is 43.6 Å². The van der Waals surface area contributed by atoms with Crippen LogP contribution in [0.5, 0.6) is 0 Å². The van der Waals surface area contributed by atoms with E-state index in [9.17, 15) is 0 Å². The molecule has 0 saturated carbocycles. The second-order valence-electron chi connectivity index (χ2n) is 2.32. The lowest BCUT2D eigenvalue weighted by molar-refractivity contribution is 0.405. The number of fused-ring (bicyclic) bond motifs is 1. The molecule has 0 fully saturated rings. The number of rotatable bonds is 0. The SMILES string of the molecule is C1=C2CCN1CC2. The molecule has 0 atom stereocenters. The molecule has 2 rings (SSSR count). The van der Waals surface area contributed by atoms with Gasteiger partial charge in [0.15, 0.2) is 0 Å². The Balaban J connectivity index is 2.27. The van der Waals surface area contributed by atoms with Crippen LogP contribution in [0.1, 0.15) is 12.8 Å². The van der Waals surface area contributed by atoms with Crippen LogP contribution >= 0.6 is 0 Å². The molecule has 1 nitrogen and oxygen atoms in total. The maximum atomic E-state index is 2.40. The fraction of sp³-hybridized carbons (Fsp3) is 0.667. The summed E-state index contributed by atoms with van der Waals surface area (Å²) in [5, 5.41) is 0. The molecule has 0 saturated heterocycles. The maximum Gasteiger partial charge on any atom is 0.0210 e. The van der Waals surface area contributed by atoms with E-state index in [1.54, 1.807) is 5.57 Å². The topological polar surface area (TPSA) is 3.24 Å². The van der Waals surface area contributed by atoms with Gasteiger partial charge in [0, 0.05) is 13.1 Å². The van der Waals surface area contributed by atoms with Gasteiger partial charge in [-0.2, -0.15) is 0 Å². The molecule has 0 radical (unpaired) electrons. The molecule has 1 heteroatoms. The number of hydrogen-bond donors (Lipinski definition) is 0. The van der Waals surface area contributed by atoms with Crippen LogP contribution in [0.3, 0.4) is 0 Å². The van der Waals surface area contributed by atoms with Crippen LogP contribution in [0.25, 0.3) is 0 Å². The van der Waals surface area contributed by atoms with Crippen molar-refractivity contribution in [2.24, 2.45) is 0 Å². The number of piperidine rings is 1. The zero-order valence-electron chi connectivity index (χ0n) is 4.35. The average Bonchev–Trinajstić information content (AvgIpc) is 2.22. The van der Waals surface area contributed by atoms with Gasteiger partial charge in [-0.1, -0.05) is 5.57 Å². The van der Waals surface area contributed by atoms with E-state index in [1.807, 2.05) is 0 Å². The molecule has 0 aromatic heterocycles. The van der Waals surface area contributed by atoms with Gasteiger partial charge in [-0.15, -0.1) is 0 Å². The maximum absolute atomic E-state index is 2.40. The van der Waals surface area contributed by atoms with Gasteiger partial charge in [0.2, 0.25) is 0 Å². The van der Waals surface area contributed by atoms with Gasteiger partial charge in [-0.05, 0) is 19.0 Å². The van der Waals surface area contributed by atoms with Gasteiger partial charge in [0.25, 0.3) is 0 Å².